The van der Waals surface area contributed by atoms with Crippen LogP contribution >= 0.6 is 11.6 Å². The molecule has 104 valence electrons. The summed E-state index contributed by atoms with van der Waals surface area (Å²) in [5.41, 5.74) is 0.993. The van der Waals surface area contributed by atoms with Crippen LogP contribution in [0.25, 0.3) is 10.9 Å². The summed E-state index contributed by atoms with van der Waals surface area (Å²) < 4.78 is 4.57. The van der Waals surface area contributed by atoms with Crippen molar-refractivity contribution in [1.82, 2.24) is 10.3 Å². The van der Waals surface area contributed by atoms with Crippen molar-refractivity contribution < 1.29 is 14.3 Å². The van der Waals surface area contributed by atoms with Gasteiger partial charge in [0.2, 0.25) is 0 Å². The number of nitrogens with zero attached hydrogens (tertiary/aromatic N) is 1. The first-order valence-corrected chi connectivity index (χ1v) is 6.34. The maximum atomic E-state index is 12.2. The number of halogens is 1. The number of para-hydroxylation sites is 1. The maximum Gasteiger partial charge on any atom is 0.328 e. The van der Waals surface area contributed by atoms with Crippen LogP contribution in [0.2, 0.25) is 5.15 Å². The third-order valence-electron chi connectivity index (χ3n) is 2.83. The fourth-order valence-corrected chi connectivity index (χ4v) is 2.04. The van der Waals surface area contributed by atoms with E-state index in [-0.39, 0.29) is 5.15 Å². The zero-order valence-electron chi connectivity index (χ0n) is 11.0. The number of pyridine rings is 1. The Hall–Kier alpha value is -2.14. The van der Waals surface area contributed by atoms with Crippen molar-refractivity contribution in [3.05, 3.63) is 41.0 Å². The largest absolute Gasteiger partial charge is 0.467 e. The van der Waals surface area contributed by atoms with Gasteiger partial charge in [0.15, 0.2) is 0 Å². The summed E-state index contributed by atoms with van der Waals surface area (Å²) in [5, 5.41) is 3.46. The number of rotatable bonds is 3. The lowest BCUT2D eigenvalue weighted by Gasteiger charge is -2.12. The second-order valence-electron chi connectivity index (χ2n) is 4.23. The topological polar surface area (TPSA) is 68.3 Å². The van der Waals surface area contributed by atoms with E-state index in [0.29, 0.717) is 16.5 Å². The quantitative estimate of drug-likeness (QED) is 0.695. The minimum absolute atomic E-state index is 0.222. The molecule has 1 aromatic carbocycles. The monoisotopic (exact) mass is 292 g/mol. The van der Waals surface area contributed by atoms with E-state index in [1.54, 1.807) is 25.1 Å². The molecule has 2 rings (SSSR count). The number of amides is 1. The van der Waals surface area contributed by atoms with Gasteiger partial charge in [-0.1, -0.05) is 29.8 Å². The summed E-state index contributed by atoms with van der Waals surface area (Å²) >= 11 is 5.91. The SMILES string of the molecule is COC(=O)C(C)NC(=O)c1cc(Cl)nc2ccccc12. The van der Waals surface area contributed by atoms with Crippen LogP contribution in [0.15, 0.2) is 30.3 Å². The molecule has 1 N–H and O–H groups in total. The fraction of sp³-hybridized carbons (Fsp3) is 0.214. The van der Waals surface area contributed by atoms with Crippen molar-refractivity contribution in [2.45, 2.75) is 13.0 Å². The number of benzene rings is 1. The summed E-state index contributed by atoms with van der Waals surface area (Å²) in [6, 6.07) is 7.89. The lowest BCUT2D eigenvalue weighted by molar-refractivity contribution is -0.142. The Balaban J connectivity index is 2.37. The molecule has 6 heteroatoms. The Morgan fingerprint density at radius 3 is 2.75 bits per heavy atom. The highest BCUT2D eigenvalue weighted by molar-refractivity contribution is 6.30. The molecule has 0 saturated heterocycles. The summed E-state index contributed by atoms with van der Waals surface area (Å²) in [6.45, 7) is 1.55. The van der Waals surface area contributed by atoms with Gasteiger partial charge in [-0.25, -0.2) is 9.78 Å². The van der Waals surface area contributed by atoms with E-state index < -0.39 is 17.9 Å². The molecule has 1 aromatic heterocycles. The highest BCUT2D eigenvalue weighted by Crippen LogP contribution is 2.20. The van der Waals surface area contributed by atoms with Gasteiger partial charge in [-0.2, -0.15) is 0 Å². The molecule has 1 heterocycles. The number of aromatic nitrogens is 1. The number of ether oxygens (including phenoxy) is 1. The minimum Gasteiger partial charge on any atom is -0.467 e. The van der Waals surface area contributed by atoms with Crippen LogP contribution in [-0.2, 0) is 9.53 Å². The van der Waals surface area contributed by atoms with Crippen LogP contribution < -0.4 is 5.32 Å². The van der Waals surface area contributed by atoms with Crippen molar-refractivity contribution in [3.8, 4) is 0 Å². The molecule has 1 amide bonds. The van der Waals surface area contributed by atoms with Crippen molar-refractivity contribution in [3.63, 3.8) is 0 Å². The first-order chi connectivity index (χ1) is 9.52. The highest BCUT2D eigenvalue weighted by Gasteiger charge is 2.19. The number of methoxy groups -OCH3 is 1. The van der Waals surface area contributed by atoms with E-state index in [4.69, 9.17) is 11.6 Å². The van der Waals surface area contributed by atoms with Gasteiger partial charge in [-0.3, -0.25) is 4.79 Å². The Morgan fingerprint density at radius 2 is 2.05 bits per heavy atom. The van der Waals surface area contributed by atoms with Gasteiger partial charge in [0, 0.05) is 5.39 Å². The van der Waals surface area contributed by atoms with E-state index in [2.05, 4.69) is 15.0 Å². The standard InChI is InChI=1S/C14H13ClN2O3/c1-8(14(19)20-2)16-13(18)10-7-12(15)17-11-6-4-3-5-9(10)11/h3-8H,1-2H3,(H,16,18). The number of hydrogen-bond donors (Lipinski definition) is 1. The first kappa shape index (κ1) is 14.3. The molecule has 20 heavy (non-hydrogen) atoms. The summed E-state index contributed by atoms with van der Waals surface area (Å²) in [7, 11) is 1.27. The van der Waals surface area contributed by atoms with E-state index in [0.717, 1.165) is 0 Å². The van der Waals surface area contributed by atoms with Crippen LogP contribution in [0.1, 0.15) is 17.3 Å². The Morgan fingerprint density at radius 1 is 1.35 bits per heavy atom. The van der Waals surface area contributed by atoms with Crippen LogP contribution in [-0.4, -0.2) is 30.0 Å². The zero-order chi connectivity index (χ0) is 14.7. The molecular weight excluding hydrogens is 280 g/mol. The molecule has 0 spiro atoms. The molecule has 0 saturated carbocycles. The summed E-state index contributed by atoms with van der Waals surface area (Å²) in [6.07, 6.45) is 0. The first-order valence-electron chi connectivity index (χ1n) is 5.97. The predicted octanol–water partition coefficient (Wildman–Crippen LogP) is 2.18. The number of esters is 1. The van der Waals surface area contributed by atoms with Gasteiger partial charge in [0.25, 0.3) is 5.91 Å². The highest BCUT2D eigenvalue weighted by atomic mass is 35.5. The molecule has 0 radical (unpaired) electrons. The van der Waals surface area contributed by atoms with Gasteiger partial charge in [0.1, 0.15) is 11.2 Å². The third-order valence-corrected chi connectivity index (χ3v) is 3.03. The van der Waals surface area contributed by atoms with E-state index in [9.17, 15) is 9.59 Å². The fourth-order valence-electron chi connectivity index (χ4n) is 1.84. The number of carbonyl (C=O) groups is 2. The van der Waals surface area contributed by atoms with E-state index >= 15 is 0 Å². The molecule has 0 aliphatic rings. The van der Waals surface area contributed by atoms with Crippen LogP contribution in [0, 0.1) is 0 Å². The van der Waals surface area contributed by atoms with Crippen LogP contribution in [0.5, 0.6) is 0 Å². The number of nitrogens with one attached hydrogen (secondary N) is 1. The van der Waals surface area contributed by atoms with Crippen LogP contribution in [0.3, 0.4) is 0 Å². The number of hydrogen-bond acceptors (Lipinski definition) is 4. The minimum atomic E-state index is -0.738. The van der Waals surface area contributed by atoms with Gasteiger partial charge in [0.05, 0.1) is 18.2 Å². The maximum absolute atomic E-state index is 12.2. The smallest absolute Gasteiger partial charge is 0.328 e. The second-order valence-corrected chi connectivity index (χ2v) is 4.62. The Kier molecular flexibility index (Phi) is 4.20. The average molecular weight is 293 g/mol. The van der Waals surface area contributed by atoms with Gasteiger partial charge in [-0.15, -0.1) is 0 Å². The van der Waals surface area contributed by atoms with E-state index in [1.807, 2.05) is 6.07 Å². The molecule has 0 fully saturated rings. The summed E-state index contributed by atoms with van der Waals surface area (Å²) in [5.74, 6) is -0.911. The van der Waals surface area contributed by atoms with Crippen molar-refractivity contribution in [2.75, 3.05) is 7.11 Å². The van der Waals surface area contributed by atoms with Crippen molar-refractivity contribution in [2.24, 2.45) is 0 Å². The predicted molar refractivity (Wildman–Crippen MR) is 75.7 cm³/mol. The Labute approximate surface area is 120 Å². The normalized spacial score (nSPS) is 11.9. The van der Waals surface area contributed by atoms with Crippen LogP contribution in [0.4, 0.5) is 0 Å². The number of carbonyl (C=O) groups excluding carboxylic acids is 2. The van der Waals surface area contributed by atoms with Gasteiger partial charge < -0.3 is 10.1 Å². The summed E-state index contributed by atoms with van der Waals surface area (Å²) in [4.78, 5) is 27.7. The molecule has 0 bridgehead atoms. The van der Waals surface area contributed by atoms with Gasteiger partial charge >= 0.3 is 5.97 Å². The lowest BCUT2D eigenvalue weighted by atomic mass is 10.1. The second kappa shape index (κ2) is 5.88. The molecule has 5 nitrogen and oxygen atoms in total. The third kappa shape index (κ3) is 2.88. The molecule has 0 aliphatic carbocycles. The van der Waals surface area contributed by atoms with Crippen molar-refractivity contribution >= 4 is 34.4 Å². The van der Waals surface area contributed by atoms with E-state index in [1.165, 1.54) is 13.2 Å². The zero-order valence-corrected chi connectivity index (χ0v) is 11.8. The molecule has 0 aliphatic heterocycles. The molecule has 1 unspecified atom stereocenters. The molecule has 1 atom stereocenters. The number of fused-ring (bicyclic) bond motifs is 1. The van der Waals surface area contributed by atoms with Gasteiger partial charge in [-0.05, 0) is 19.1 Å². The average Bonchev–Trinajstić information content (AvgIpc) is 2.45. The molecular formula is C14H13ClN2O3. The Bertz CT molecular complexity index is 673. The van der Waals surface area contributed by atoms with Crippen molar-refractivity contribution in [1.29, 1.82) is 0 Å². The molecule has 2 aromatic rings. The lowest BCUT2D eigenvalue weighted by Crippen LogP contribution is -2.39.